The van der Waals surface area contributed by atoms with Crippen molar-refractivity contribution in [3.63, 3.8) is 0 Å². The highest BCUT2D eigenvalue weighted by molar-refractivity contribution is 5.37. The lowest BCUT2D eigenvalue weighted by Gasteiger charge is -2.19. The van der Waals surface area contributed by atoms with Gasteiger partial charge < -0.3 is 9.84 Å². The lowest BCUT2D eigenvalue weighted by atomic mass is 9.87. The zero-order valence-corrected chi connectivity index (χ0v) is 13.3. The minimum absolute atomic E-state index is 0.106. The summed E-state index contributed by atoms with van der Waals surface area (Å²) in [5.41, 5.74) is 2.28. The second kappa shape index (κ2) is 6.31. The minimum atomic E-state index is -0.400. The number of hydrogen-bond acceptors (Lipinski definition) is 2. The Morgan fingerprint density at radius 2 is 1.67 bits per heavy atom. The van der Waals surface area contributed by atoms with Crippen molar-refractivity contribution in [1.29, 1.82) is 0 Å². The molecule has 0 aromatic heterocycles. The molecular weight excluding hydrogens is 260 g/mol. The summed E-state index contributed by atoms with van der Waals surface area (Å²) in [4.78, 5) is 0. The maximum Gasteiger partial charge on any atom is 0.127 e. The van der Waals surface area contributed by atoms with E-state index in [0.29, 0.717) is 6.42 Å². The normalized spacial score (nSPS) is 13.0. The van der Waals surface area contributed by atoms with Crippen LogP contribution in [0, 0.1) is 0 Å². The predicted octanol–water partition coefficient (Wildman–Crippen LogP) is 5.22. The molecule has 0 saturated carbocycles. The second-order valence-corrected chi connectivity index (χ2v) is 6.37. The van der Waals surface area contributed by atoms with Crippen molar-refractivity contribution in [2.24, 2.45) is 0 Å². The third-order valence-electron chi connectivity index (χ3n) is 3.59. The molecule has 0 amide bonds. The fraction of sp³-hybridized carbons (Fsp3) is 0.368. The highest BCUT2D eigenvalue weighted by Gasteiger charge is 2.14. The molecule has 0 aliphatic carbocycles. The molecule has 21 heavy (non-hydrogen) atoms. The predicted molar refractivity (Wildman–Crippen MR) is 86.9 cm³/mol. The number of benzene rings is 2. The number of ether oxygens (including phenoxy) is 1. The van der Waals surface area contributed by atoms with Crippen molar-refractivity contribution in [2.75, 3.05) is 0 Å². The summed E-state index contributed by atoms with van der Waals surface area (Å²) in [5.74, 6) is 1.62. The Morgan fingerprint density at radius 1 is 1.00 bits per heavy atom. The molecule has 0 bridgehead atoms. The van der Waals surface area contributed by atoms with Gasteiger partial charge in [-0.2, -0.15) is 0 Å². The first-order valence-corrected chi connectivity index (χ1v) is 7.46. The van der Waals surface area contributed by atoms with Gasteiger partial charge in [0, 0.05) is 0 Å². The summed E-state index contributed by atoms with van der Waals surface area (Å²) in [6, 6.07) is 15.8. The van der Waals surface area contributed by atoms with Crippen LogP contribution in [0.15, 0.2) is 48.5 Å². The van der Waals surface area contributed by atoms with E-state index < -0.39 is 6.10 Å². The molecule has 0 aliphatic heterocycles. The molecule has 1 unspecified atom stereocenters. The Balaban J connectivity index is 2.15. The largest absolute Gasteiger partial charge is 0.457 e. The molecule has 0 saturated heterocycles. The molecule has 0 aliphatic rings. The van der Waals surface area contributed by atoms with Crippen LogP contribution >= 0.6 is 0 Å². The molecule has 0 fully saturated rings. The molecule has 2 heteroatoms. The third kappa shape index (κ3) is 4.08. The smallest absolute Gasteiger partial charge is 0.127 e. The maximum absolute atomic E-state index is 9.79. The first kappa shape index (κ1) is 15.6. The van der Waals surface area contributed by atoms with Crippen LogP contribution in [0.3, 0.4) is 0 Å². The van der Waals surface area contributed by atoms with E-state index in [1.807, 2.05) is 43.3 Å². The van der Waals surface area contributed by atoms with Gasteiger partial charge >= 0.3 is 0 Å². The highest BCUT2D eigenvalue weighted by Crippen LogP contribution is 2.29. The number of aliphatic hydroxyl groups is 1. The molecule has 0 radical (unpaired) electrons. The summed E-state index contributed by atoms with van der Waals surface area (Å²) >= 11 is 0. The first-order valence-electron chi connectivity index (χ1n) is 7.46. The number of aliphatic hydroxyl groups excluding tert-OH is 1. The van der Waals surface area contributed by atoms with Crippen molar-refractivity contribution in [2.45, 2.75) is 45.6 Å². The zero-order valence-electron chi connectivity index (χ0n) is 13.3. The average Bonchev–Trinajstić information content (AvgIpc) is 2.47. The first-order chi connectivity index (χ1) is 9.90. The van der Waals surface area contributed by atoms with E-state index in [1.165, 1.54) is 5.56 Å². The lowest BCUT2D eigenvalue weighted by Crippen LogP contribution is -2.10. The molecule has 2 nitrogen and oxygen atoms in total. The Hall–Kier alpha value is -1.80. The fourth-order valence-electron chi connectivity index (χ4n) is 2.16. The Bertz CT molecular complexity index is 579. The second-order valence-electron chi connectivity index (χ2n) is 6.37. The van der Waals surface area contributed by atoms with Crippen LogP contribution in [0.1, 0.15) is 51.3 Å². The van der Waals surface area contributed by atoms with Crippen LogP contribution in [0.5, 0.6) is 11.5 Å². The van der Waals surface area contributed by atoms with Crippen LogP contribution in [-0.2, 0) is 5.41 Å². The average molecular weight is 284 g/mol. The molecule has 2 rings (SSSR count). The monoisotopic (exact) mass is 284 g/mol. The highest BCUT2D eigenvalue weighted by atomic mass is 16.5. The Labute approximate surface area is 127 Å². The summed E-state index contributed by atoms with van der Waals surface area (Å²) in [7, 11) is 0. The van der Waals surface area contributed by atoms with Crippen LogP contribution in [0.2, 0.25) is 0 Å². The quantitative estimate of drug-likeness (QED) is 0.834. The molecule has 1 N–H and O–H groups in total. The molecular formula is C19H24O2. The topological polar surface area (TPSA) is 29.5 Å². The Kier molecular flexibility index (Phi) is 4.69. The molecule has 0 spiro atoms. The SMILES string of the molecule is CCC(O)c1ccc(Oc2cccc(C(C)(C)C)c2)cc1. The van der Waals surface area contributed by atoms with E-state index in [2.05, 4.69) is 32.9 Å². The minimum Gasteiger partial charge on any atom is -0.457 e. The lowest BCUT2D eigenvalue weighted by molar-refractivity contribution is 0.173. The van der Waals surface area contributed by atoms with Crippen molar-refractivity contribution < 1.29 is 9.84 Å². The zero-order chi connectivity index (χ0) is 15.5. The summed E-state index contributed by atoms with van der Waals surface area (Å²) < 4.78 is 5.90. The maximum atomic E-state index is 9.79. The van der Waals surface area contributed by atoms with E-state index in [9.17, 15) is 5.11 Å². The third-order valence-corrected chi connectivity index (χ3v) is 3.59. The van der Waals surface area contributed by atoms with Gasteiger partial charge in [-0.3, -0.25) is 0 Å². The van der Waals surface area contributed by atoms with Crippen LogP contribution < -0.4 is 4.74 Å². The Morgan fingerprint density at radius 3 is 2.24 bits per heavy atom. The van der Waals surface area contributed by atoms with Gasteiger partial charge in [0.1, 0.15) is 11.5 Å². The van der Waals surface area contributed by atoms with Gasteiger partial charge in [0.15, 0.2) is 0 Å². The van der Waals surface area contributed by atoms with Crippen LogP contribution in [0.25, 0.3) is 0 Å². The fourth-order valence-corrected chi connectivity index (χ4v) is 2.16. The van der Waals surface area contributed by atoms with Crippen molar-refractivity contribution in [3.05, 3.63) is 59.7 Å². The molecule has 2 aromatic rings. The van der Waals surface area contributed by atoms with Gasteiger partial charge in [0.2, 0.25) is 0 Å². The van der Waals surface area contributed by atoms with E-state index in [-0.39, 0.29) is 5.41 Å². The standard InChI is InChI=1S/C19H24O2/c1-5-18(20)14-9-11-16(12-10-14)21-17-8-6-7-15(13-17)19(2,3)4/h6-13,18,20H,5H2,1-4H3. The van der Waals surface area contributed by atoms with Gasteiger partial charge in [-0.15, -0.1) is 0 Å². The summed E-state index contributed by atoms with van der Waals surface area (Å²) in [6.07, 6.45) is 0.316. The van der Waals surface area contributed by atoms with Gasteiger partial charge in [0.25, 0.3) is 0 Å². The van der Waals surface area contributed by atoms with Crippen molar-refractivity contribution in [1.82, 2.24) is 0 Å². The van der Waals surface area contributed by atoms with Crippen LogP contribution in [0.4, 0.5) is 0 Å². The molecule has 1 atom stereocenters. The van der Waals surface area contributed by atoms with Crippen LogP contribution in [-0.4, -0.2) is 5.11 Å². The van der Waals surface area contributed by atoms with Crippen molar-refractivity contribution in [3.8, 4) is 11.5 Å². The van der Waals surface area contributed by atoms with E-state index in [1.54, 1.807) is 0 Å². The molecule has 112 valence electrons. The van der Waals surface area contributed by atoms with E-state index in [0.717, 1.165) is 17.1 Å². The van der Waals surface area contributed by atoms with Crippen molar-refractivity contribution >= 4 is 0 Å². The van der Waals surface area contributed by atoms with Gasteiger partial charge in [-0.1, -0.05) is 52.0 Å². The number of rotatable bonds is 4. The van der Waals surface area contributed by atoms with E-state index >= 15 is 0 Å². The van der Waals surface area contributed by atoms with Gasteiger partial charge in [-0.05, 0) is 47.2 Å². The summed E-state index contributed by atoms with van der Waals surface area (Å²) in [5, 5.41) is 9.79. The molecule has 2 aromatic carbocycles. The van der Waals surface area contributed by atoms with Gasteiger partial charge in [-0.25, -0.2) is 0 Å². The van der Waals surface area contributed by atoms with Gasteiger partial charge in [0.05, 0.1) is 6.10 Å². The number of hydrogen-bond donors (Lipinski definition) is 1. The summed E-state index contributed by atoms with van der Waals surface area (Å²) in [6.45, 7) is 8.53. The molecule has 0 heterocycles. The van der Waals surface area contributed by atoms with E-state index in [4.69, 9.17) is 4.74 Å².